The molecule has 8 heteroatoms. The summed E-state index contributed by atoms with van der Waals surface area (Å²) in [5, 5.41) is 13.2. The van der Waals surface area contributed by atoms with Gasteiger partial charge in [-0.25, -0.2) is 4.98 Å². The van der Waals surface area contributed by atoms with Crippen LogP contribution in [0, 0.1) is 23.2 Å². The van der Waals surface area contributed by atoms with E-state index in [4.69, 9.17) is 15.1 Å². The predicted molar refractivity (Wildman–Crippen MR) is 145 cm³/mol. The van der Waals surface area contributed by atoms with Gasteiger partial charge in [0.15, 0.2) is 5.76 Å². The van der Waals surface area contributed by atoms with Gasteiger partial charge in [0.2, 0.25) is 5.91 Å². The Bertz CT molecular complexity index is 1390. The van der Waals surface area contributed by atoms with E-state index in [-0.39, 0.29) is 0 Å². The van der Waals surface area contributed by atoms with Crippen LogP contribution in [-0.4, -0.2) is 48.1 Å². The maximum absolute atomic E-state index is 11.7. The van der Waals surface area contributed by atoms with E-state index in [0.717, 1.165) is 31.5 Å². The Labute approximate surface area is 222 Å². The number of fused-ring (bicyclic) bond motifs is 6. The molecule has 3 N–H and O–H groups in total. The van der Waals surface area contributed by atoms with E-state index in [1.54, 1.807) is 18.3 Å². The van der Waals surface area contributed by atoms with Crippen LogP contribution in [0.3, 0.4) is 0 Å². The van der Waals surface area contributed by atoms with E-state index < -0.39 is 5.91 Å². The first-order valence-electron chi connectivity index (χ1n) is 13.8. The minimum absolute atomic E-state index is 0.352. The second-order valence-corrected chi connectivity index (χ2v) is 11.3. The molecule has 2 aliphatic heterocycles. The Balaban J connectivity index is 1.23. The fourth-order valence-corrected chi connectivity index (χ4v) is 7.65. The van der Waals surface area contributed by atoms with Gasteiger partial charge in [-0.1, -0.05) is 25.0 Å². The predicted octanol–water partition coefficient (Wildman–Crippen LogP) is 3.93. The van der Waals surface area contributed by atoms with Gasteiger partial charge in [-0.2, -0.15) is 5.26 Å². The molecule has 1 amide bonds. The average Bonchev–Trinajstić information content (AvgIpc) is 3.67. The number of hydrogen-bond acceptors (Lipinski definition) is 7. The first-order chi connectivity index (χ1) is 18.6. The molecule has 3 aromatic rings. The van der Waals surface area contributed by atoms with Crippen molar-refractivity contribution in [3.63, 3.8) is 0 Å². The summed E-state index contributed by atoms with van der Waals surface area (Å²) < 4.78 is 6.49. The van der Waals surface area contributed by atoms with E-state index in [9.17, 15) is 10.1 Å². The van der Waals surface area contributed by atoms with Crippen molar-refractivity contribution in [1.29, 1.82) is 5.26 Å². The van der Waals surface area contributed by atoms with Gasteiger partial charge in [-0.15, -0.1) is 0 Å². The van der Waals surface area contributed by atoms with Crippen molar-refractivity contribution in [3.05, 3.63) is 65.9 Å². The van der Waals surface area contributed by atoms with Crippen LogP contribution in [0.15, 0.2) is 59.1 Å². The van der Waals surface area contributed by atoms with Crippen LogP contribution in [0.25, 0.3) is 11.3 Å². The molecule has 0 spiro atoms. The van der Waals surface area contributed by atoms with Gasteiger partial charge in [0, 0.05) is 60.0 Å². The number of primary amides is 1. The standard InChI is InChI=1S/C30H32N6O2/c31-14-18-8-10-22(11-9-18)35-17-21-13-26(35)23-15-33-24-6-1-2-7-25(24)36(28(21)23)30-34-16-27(38-30)19-4-3-5-20(12-19)29(32)37/h3-5,8-12,16,21,23-26,28,33H,1-2,6-7,13,15,17H2,(H2,32,37). The number of aromatic nitrogens is 1. The molecule has 2 saturated heterocycles. The molecule has 2 saturated carbocycles. The van der Waals surface area contributed by atoms with Crippen molar-refractivity contribution < 1.29 is 9.21 Å². The third-order valence-electron chi connectivity index (χ3n) is 9.29. The Morgan fingerprint density at radius 3 is 2.79 bits per heavy atom. The average molecular weight is 509 g/mol. The number of amides is 1. The van der Waals surface area contributed by atoms with Gasteiger partial charge in [0.05, 0.1) is 17.8 Å². The maximum atomic E-state index is 11.7. The van der Waals surface area contributed by atoms with Crippen LogP contribution in [0.1, 0.15) is 48.0 Å². The lowest BCUT2D eigenvalue weighted by Crippen LogP contribution is -2.57. The van der Waals surface area contributed by atoms with Crippen molar-refractivity contribution in [2.75, 3.05) is 22.9 Å². The molecule has 6 atom stereocenters. The molecule has 1 aromatic heterocycles. The summed E-state index contributed by atoms with van der Waals surface area (Å²) in [6.07, 6.45) is 7.71. The third kappa shape index (κ3) is 3.76. The van der Waals surface area contributed by atoms with Gasteiger partial charge >= 0.3 is 0 Å². The number of piperidine rings is 1. The number of carbonyl (C=O) groups is 1. The lowest BCUT2D eigenvalue weighted by molar-refractivity contribution is 0.100. The Morgan fingerprint density at radius 2 is 1.97 bits per heavy atom. The first-order valence-corrected chi connectivity index (χ1v) is 13.8. The molecule has 4 fully saturated rings. The van der Waals surface area contributed by atoms with Crippen LogP contribution >= 0.6 is 0 Å². The molecule has 3 heterocycles. The minimum Gasteiger partial charge on any atom is -0.423 e. The molecule has 194 valence electrons. The fraction of sp³-hybridized carbons (Fsp3) is 0.433. The number of carbonyl (C=O) groups excluding carboxylic acids is 1. The molecule has 8 nitrogen and oxygen atoms in total. The molecule has 2 aliphatic carbocycles. The highest BCUT2D eigenvalue weighted by molar-refractivity contribution is 5.93. The quantitative estimate of drug-likeness (QED) is 0.549. The van der Waals surface area contributed by atoms with Crippen LogP contribution < -0.4 is 20.9 Å². The van der Waals surface area contributed by atoms with Gasteiger partial charge < -0.3 is 25.3 Å². The molecule has 4 aliphatic rings. The van der Waals surface area contributed by atoms with Crippen molar-refractivity contribution in [2.45, 2.75) is 56.3 Å². The summed E-state index contributed by atoms with van der Waals surface area (Å²) in [7, 11) is 0. The van der Waals surface area contributed by atoms with E-state index in [0.29, 0.717) is 58.9 Å². The summed E-state index contributed by atoms with van der Waals surface area (Å²) in [5.74, 6) is 1.17. The highest BCUT2D eigenvalue weighted by Crippen LogP contribution is 2.50. The minimum atomic E-state index is -0.452. The number of nitrogens with one attached hydrogen (secondary N) is 1. The molecule has 6 unspecified atom stereocenters. The van der Waals surface area contributed by atoms with Crippen molar-refractivity contribution in [1.82, 2.24) is 10.3 Å². The van der Waals surface area contributed by atoms with Gasteiger partial charge in [0.25, 0.3) is 6.01 Å². The zero-order valence-corrected chi connectivity index (χ0v) is 21.3. The number of nitrogens with zero attached hydrogens (tertiary/aromatic N) is 4. The molecular formula is C30H32N6O2. The van der Waals surface area contributed by atoms with Crippen LogP contribution in [0.5, 0.6) is 0 Å². The largest absolute Gasteiger partial charge is 0.423 e. The van der Waals surface area contributed by atoms with Crippen LogP contribution in [0.4, 0.5) is 11.7 Å². The molecule has 2 bridgehead atoms. The van der Waals surface area contributed by atoms with Gasteiger partial charge in [-0.05, 0) is 61.6 Å². The van der Waals surface area contributed by atoms with Crippen molar-refractivity contribution in [2.24, 2.45) is 17.6 Å². The summed E-state index contributed by atoms with van der Waals surface area (Å²) in [6, 6.07) is 19.8. The lowest BCUT2D eigenvalue weighted by Gasteiger charge is -2.46. The number of oxazole rings is 1. The summed E-state index contributed by atoms with van der Waals surface area (Å²) in [6.45, 7) is 1.99. The van der Waals surface area contributed by atoms with E-state index in [1.165, 1.54) is 24.9 Å². The normalized spacial score (nSPS) is 29.9. The summed E-state index contributed by atoms with van der Waals surface area (Å²) >= 11 is 0. The Hall–Kier alpha value is -3.83. The molecular weight excluding hydrogens is 476 g/mol. The zero-order chi connectivity index (χ0) is 25.8. The number of benzene rings is 2. The summed E-state index contributed by atoms with van der Waals surface area (Å²) in [5.41, 5.74) is 8.69. The van der Waals surface area contributed by atoms with E-state index in [2.05, 4.69) is 33.3 Å². The first kappa shape index (κ1) is 23.3. The maximum Gasteiger partial charge on any atom is 0.298 e. The van der Waals surface area contributed by atoms with Gasteiger partial charge in [-0.3, -0.25) is 4.79 Å². The van der Waals surface area contributed by atoms with Gasteiger partial charge in [0.1, 0.15) is 0 Å². The molecule has 2 aromatic carbocycles. The monoisotopic (exact) mass is 508 g/mol. The van der Waals surface area contributed by atoms with Crippen LogP contribution in [-0.2, 0) is 0 Å². The fourth-order valence-electron chi connectivity index (χ4n) is 7.65. The van der Waals surface area contributed by atoms with E-state index >= 15 is 0 Å². The number of nitriles is 1. The Kier molecular flexibility index (Phi) is 5.62. The topological polar surface area (TPSA) is 111 Å². The number of hydrogen-bond donors (Lipinski definition) is 2. The highest BCUT2D eigenvalue weighted by atomic mass is 16.4. The third-order valence-corrected chi connectivity index (χ3v) is 9.29. The van der Waals surface area contributed by atoms with Crippen LogP contribution in [0.2, 0.25) is 0 Å². The zero-order valence-electron chi connectivity index (χ0n) is 21.3. The van der Waals surface area contributed by atoms with Crippen molar-refractivity contribution in [3.8, 4) is 17.4 Å². The highest BCUT2D eigenvalue weighted by Gasteiger charge is 2.57. The number of anilines is 2. The molecule has 0 radical (unpaired) electrons. The van der Waals surface area contributed by atoms with E-state index in [1.807, 2.05) is 24.3 Å². The SMILES string of the molecule is N#Cc1ccc(N2CC3CC2C2CNC4CCCCC4N(c4ncc(-c5cccc(C(N)=O)c5)o4)C32)cc1. The second-order valence-electron chi connectivity index (χ2n) is 11.3. The van der Waals surface area contributed by atoms with Crippen molar-refractivity contribution >= 4 is 17.6 Å². The summed E-state index contributed by atoms with van der Waals surface area (Å²) in [4.78, 5) is 21.7. The number of rotatable bonds is 4. The smallest absolute Gasteiger partial charge is 0.298 e. The molecule has 38 heavy (non-hydrogen) atoms. The number of nitrogens with two attached hydrogens (primary N) is 1. The Morgan fingerprint density at radius 1 is 1.13 bits per heavy atom. The lowest BCUT2D eigenvalue weighted by atomic mass is 9.87. The molecule has 7 rings (SSSR count). The second kappa shape index (κ2) is 9.17.